The van der Waals surface area contributed by atoms with Crippen LogP contribution in [0.25, 0.3) is 0 Å². The normalized spacial score (nSPS) is 14.5. The summed E-state index contributed by atoms with van der Waals surface area (Å²) in [7, 11) is 0. The van der Waals surface area contributed by atoms with Gasteiger partial charge in [-0.05, 0) is 61.9 Å². The average molecular weight is 485 g/mol. The summed E-state index contributed by atoms with van der Waals surface area (Å²) in [6.07, 6.45) is -2.44. The molecule has 9 heteroatoms. The van der Waals surface area contributed by atoms with Crippen LogP contribution < -0.4 is 5.32 Å². The number of halogens is 3. The number of amides is 1. The van der Waals surface area contributed by atoms with Crippen LogP contribution in [0.1, 0.15) is 60.8 Å². The number of nitrogens with zero attached hydrogens (tertiary/aromatic N) is 1. The molecule has 176 valence electrons. The summed E-state index contributed by atoms with van der Waals surface area (Å²) < 4.78 is 38.7. The molecule has 1 heterocycles. The number of thiophene rings is 1. The van der Waals surface area contributed by atoms with E-state index in [-0.39, 0.29) is 11.7 Å². The first kappa shape index (κ1) is 23.8. The molecule has 1 aliphatic carbocycles. The minimum atomic E-state index is -4.38. The number of hydrogen-bond acceptors (Lipinski definition) is 4. The molecule has 0 unspecified atom stereocenters. The summed E-state index contributed by atoms with van der Waals surface area (Å²) >= 11 is 1.51. The van der Waals surface area contributed by atoms with Gasteiger partial charge in [0.05, 0.1) is 16.7 Å². The highest BCUT2D eigenvalue weighted by atomic mass is 32.1. The van der Waals surface area contributed by atoms with Gasteiger partial charge in [-0.2, -0.15) is 13.2 Å². The summed E-state index contributed by atoms with van der Waals surface area (Å²) in [4.78, 5) is 15.2. The molecule has 1 aliphatic rings. The highest BCUT2D eigenvalue weighted by Gasteiger charge is 2.46. The van der Waals surface area contributed by atoms with Gasteiger partial charge in [0.1, 0.15) is 0 Å². The zero-order chi connectivity index (χ0) is 24.7. The van der Waals surface area contributed by atoms with Crippen molar-refractivity contribution in [2.24, 2.45) is 5.11 Å². The van der Waals surface area contributed by atoms with Crippen LogP contribution in [0.2, 0.25) is 0 Å². The molecular formula is C25H23F3N4OS. The summed E-state index contributed by atoms with van der Waals surface area (Å²) in [5.74, 6) is -0.322. The molecule has 1 saturated carbocycles. The van der Waals surface area contributed by atoms with Gasteiger partial charge in [-0.25, -0.2) is 5.53 Å². The predicted molar refractivity (Wildman–Crippen MR) is 125 cm³/mol. The molecule has 2 aromatic carbocycles. The Bertz CT molecular complexity index is 1260. The molecule has 0 bridgehead atoms. The van der Waals surface area contributed by atoms with Crippen molar-refractivity contribution < 1.29 is 18.0 Å². The van der Waals surface area contributed by atoms with Crippen molar-refractivity contribution in [1.82, 2.24) is 5.32 Å². The monoisotopic (exact) mass is 484 g/mol. The SMILES string of the molecule is Cc1sc(C)c(C(=O)NC2(c3ccc(C(=N)N=N)cc3)CC2)c1Cc1ccc(C(F)(F)F)cc1. The molecule has 1 amide bonds. The highest BCUT2D eigenvalue weighted by molar-refractivity contribution is 7.12. The molecule has 0 aliphatic heterocycles. The molecule has 0 spiro atoms. The Kier molecular flexibility index (Phi) is 6.16. The van der Waals surface area contributed by atoms with Crippen molar-refractivity contribution in [3.05, 3.63) is 91.7 Å². The fourth-order valence-corrected chi connectivity index (χ4v) is 5.23. The van der Waals surface area contributed by atoms with Gasteiger partial charge in [0.2, 0.25) is 0 Å². The molecule has 3 aromatic rings. The maximum Gasteiger partial charge on any atom is 0.416 e. The Balaban J connectivity index is 1.56. The van der Waals surface area contributed by atoms with Crippen LogP contribution in [0, 0.1) is 24.8 Å². The largest absolute Gasteiger partial charge is 0.416 e. The number of benzene rings is 2. The zero-order valence-corrected chi connectivity index (χ0v) is 19.5. The second kappa shape index (κ2) is 8.79. The number of hydrogen-bond donors (Lipinski definition) is 3. The third kappa shape index (κ3) is 4.65. The van der Waals surface area contributed by atoms with Crippen LogP contribution in [0.3, 0.4) is 0 Å². The number of rotatable bonds is 6. The summed E-state index contributed by atoms with van der Waals surface area (Å²) in [6.45, 7) is 3.80. The van der Waals surface area contributed by atoms with E-state index >= 15 is 0 Å². The van der Waals surface area contributed by atoms with Crippen molar-refractivity contribution >= 4 is 23.1 Å². The van der Waals surface area contributed by atoms with E-state index in [1.54, 1.807) is 12.1 Å². The van der Waals surface area contributed by atoms with Gasteiger partial charge in [-0.3, -0.25) is 10.2 Å². The lowest BCUT2D eigenvalue weighted by Gasteiger charge is -2.19. The van der Waals surface area contributed by atoms with Crippen molar-refractivity contribution in [2.75, 3.05) is 0 Å². The number of amidine groups is 1. The molecule has 34 heavy (non-hydrogen) atoms. The van der Waals surface area contributed by atoms with E-state index < -0.39 is 17.3 Å². The maximum absolute atomic E-state index is 13.4. The minimum Gasteiger partial charge on any atom is -0.342 e. The van der Waals surface area contributed by atoms with Crippen LogP contribution in [0.4, 0.5) is 13.2 Å². The lowest BCUT2D eigenvalue weighted by Crippen LogP contribution is -2.35. The van der Waals surface area contributed by atoms with E-state index in [4.69, 9.17) is 10.9 Å². The van der Waals surface area contributed by atoms with Gasteiger partial charge in [0.15, 0.2) is 5.84 Å². The predicted octanol–water partition coefficient (Wildman–Crippen LogP) is 6.75. The number of carbonyl (C=O) groups excluding carboxylic acids is 1. The van der Waals surface area contributed by atoms with Gasteiger partial charge in [-0.15, -0.1) is 16.5 Å². The number of aryl methyl sites for hydroxylation is 2. The van der Waals surface area contributed by atoms with Crippen LogP contribution in [-0.4, -0.2) is 11.7 Å². The average Bonchev–Trinajstić information content (AvgIpc) is 3.52. The van der Waals surface area contributed by atoms with Gasteiger partial charge < -0.3 is 5.32 Å². The van der Waals surface area contributed by atoms with E-state index in [1.165, 1.54) is 23.5 Å². The third-order valence-corrected chi connectivity index (χ3v) is 7.26. The first-order valence-corrected chi connectivity index (χ1v) is 11.5. The van der Waals surface area contributed by atoms with Crippen LogP contribution in [0.15, 0.2) is 53.6 Å². The van der Waals surface area contributed by atoms with E-state index in [1.807, 2.05) is 26.0 Å². The Morgan fingerprint density at radius 3 is 2.21 bits per heavy atom. The standard InChI is InChI=1S/C25H23F3N4OS/c1-14-20(13-16-3-7-19(8-4-16)25(26,27)28)21(15(2)34-14)23(33)31-24(11-12-24)18-9-5-17(6-10-18)22(29)32-30/h3-10,29-30H,11-13H2,1-2H3,(H,31,33). The quantitative estimate of drug-likeness (QED) is 0.202. The topological polar surface area (TPSA) is 89.2 Å². The Morgan fingerprint density at radius 1 is 1.06 bits per heavy atom. The second-order valence-corrected chi connectivity index (χ2v) is 9.94. The lowest BCUT2D eigenvalue weighted by molar-refractivity contribution is -0.137. The van der Waals surface area contributed by atoms with Crippen molar-refractivity contribution in [2.45, 2.75) is 44.8 Å². The van der Waals surface area contributed by atoms with E-state index in [0.29, 0.717) is 23.1 Å². The van der Waals surface area contributed by atoms with E-state index in [0.717, 1.165) is 45.9 Å². The molecule has 0 atom stereocenters. The van der Waals surface area contributed by atoms with Gasteiger partial charge in [0.25, 0.3) is 5.91 Å². The lowest BCUT2D eigenvalue weighted by atomic mass is 9.97. The van der Waals surface area contributed by atoms with Crippen LogP contribution in [-0.2, 0) is 18.1 Å². The molecule has 4 rings (SSSR count). The molecular weight excluding hydrogens is 461 g/mol. The van der Waals surface area contributed by atoms with Gasteiger partial charge in [0, 0.05) is 15.3 Å². The molecule has 0 radical (unpaired) electrons. The Morgan fingerprint density at radius 2 is 1.68 bits per heavy atom. The smallest absolute Gasteiger partial charge is 0.342 e. The third-order valence-electron chi connectivity index (χ3n) is 6.20. The molecule has 1 fully saturated rings. The van der Waals surface area contributed by atoms with Crippen molar-refractivity contribution in [3.8, 4) is 0 Å². The number of alkyl halides is 3. The van der Waals surface area contributed by atoms with Gasteiger partial charge in [-0.1, -0.05) is 36.4 Å². The molecule has 1 aromatic heterocycles. The number of nitrogens with one attached hydrogen (secondary N) is 3. The fraction of sp³-hybridized carbons (Fsp3) is 0.280. The van der Waals surface area contributed by atoms with Crippen LogP contribution >= 0.6 is 11.3 Å². The van der Waals surface area contributed by atoms with Crippen molar-refractivity contribution in [1.29, 1.82) is 10.9 Å². The Labute approximate surface area is 199 Å². The highest BCUT2D eigenvalue weighted by Crippen LogP contribution is 2.46. The Hall–Kier alpha value is -3.33. The van der Waals surface area contributed by atoms with E-state index in [9.17, 15) is 18.0 Å². The van der Waals surface area contributed by atoms with Crippen molar-refractivity contribution in [3.63, 3.8) is 0 Å². The number of carbonyl (C=O) groups is 1. The van der Waals surface area contributed by atoms with E-state index in [2.05, 4.69) is 10.4 Å². The minimum absolute atomic E-state index is 0.127. The first-order chi connectivity index (χ1) is 16.0. The first-order valence-electron chi connectivity index (χ1n) is 10.7. The van der Waals surface area contributed by atoms with Gasteiger partial charge >= 0.3 is 6.18 Å². The summed E-state index contributed by atoms with van der Waals surface area (Å²) in [5, 5.41) is 14.0. The van der Waals surface area contributed by atoms with Crippen LogP contribution in [0.5, 0.6) is 0 Å². The molecule has 3 N–H and O–H groups in total. The molecule has 0 saturated heterocycles. The zero-order valence-electron chi connectivity index (χ0n) is 18.6. The fourth-order valence-electron chi connectivity index (χ4n) is 4.16. The maximum atomic E-state index is 13.4. The summed E-state index contributed by atoms with van der Waals surface area (Å²) in [6, 6.07) is 12.2. The molecule has 5 nitrogen and oxygen atoms in total. The summed E-state index contributed by atoms with van der Waals surface area (Å²) in [5.41, 5.74) is 9.38. The second-order valence-electron chi connectivity index (χ2n) is 8.51.